The molecule has 1 N–H and O–H groups in total. The number of morpholine rings is 2. The maximum absolute atomic E-state index is 9.75. The van der Waals surface area contributed by atoms with Crippen molar-refractivity contribution in [3.05, 3.63) is 30.0 Å². The number of aliphatic hydroxyl groups is 1. The van der Waals surface area contributed by atoms with Crippen molar-refractivity contribution in [2.24, 2.45) is 0 Å². The predicted octanol–water partition coefficient (Wildman–Crippen LogP) is 1.26. The summed E-state index contributed by atoms with van der Waals surface area (Å²) in [4.78, 5) is 23.4. The minimum Gasteiger partial charge on any atom is -0.496 e. The minimum atomic E-state index is -0.135. The smallest absolute Gasteiger partial charge is 0.227 e. The van der Waals surface area contributed by atoms with Gasteiger partial charge in [0.25, 0.3) is 0 Å². The van der Waals surface area contributed by atoms with Crippen LogP contribution in [0, 0.1) is 0 Å². The van der Waals surface area contributed by atoms with Crippen molar-refractivity contribution in [1.82, 2.24) is 19.9 Å². The number of methoxy groups -OCH3 is 1. The van der Waals surface area contributed by atoms with Gasteiger partial charge >= 0.3 is 0 Å². The maximum atomic E-state index is 9.75. The van der Waals surface area contributed by atoms with Crippen molar-refractivity contribution >= 4 is 22.8 Å². The van der Waals surface area contributed by atoms with E-state index in [4.69, 9.17) is 29.2 Å². The van der Waals surface area contributed by atoms with E-state index in [2.05, 4.69) is 14.8 Å². The number of fused-ring (bicyclic) bond motifs is 1. The highest BCUT2D eigenvalue weighted by molar-refractivity contribution is 5.88. The van der Waals surface area contributed by atoms with Gasteiger partial charge in [-0.3, -0.25) is 0 Å². The van der Waals surface area contributed by atoms with E-state index in [-0.39, 0.29) is 6.61 Å². The number of hydrogen-bond donors (Lipinski definition) is 1. The number of rotatable bonds is 5. The van der Waals surface area contributed by atoms with Gasteiger partial charge in [-0.15, -0.1) is 0 Å². The number of benzene rings is 1. The molecule has 10 nitrogen and oxygen atoms in total. The summed E-state index contributed by atoms with van der Waals surface area (Å²) in [5, 5.41) is 10.6. The Bertz CT molecular complexity index is 1100. The molecular weight excluding hydrogens is 412 g/mol. The fourth-order valence-corrected chi connectivity index (χ4v) is 3.99. The van der Waals surface area contributed by atoms with Crippen LogP contribution in [0.15, 0.2) is 24.4 Å². The summed E-state index contributed by atoms with van der Waals surface area (Å²) in [6.07, 6.45) is 1.81. The topological polar surface area (TPSA) is 106 Å². The van der Waals surface area contributed by atoms with Crippen molar-refractivity contribution in [3.8, 4) is 17.1 Å². The lowest BCUT2D eigenvalue weighted by Crippen LogP contribution is -2.38. The molecule has 4 heterocycles. The lowest BCUT2D eigenvalue weighted by atomic mass is 10.1. The van der Waals surface area contributed by atoms with Crippen LogP contribution in [-0.4, -0.2) is 84.8 Å². The van der Waals surface area contributed by atoms with Crippen LogP contribution in [0.2, 0.25) is 0 Å². The summed E-state index contributed by atoms with van der Waals surface area (Å²) in [5.41, 5.74) is 2.06. The quantitative estimate of drug-likeness (QED) is 0.626. The molecule has 0 bridgehead atoms. The van der Waals surface area contributed by atoms with Crippen LogP contribution in [0.25, 0.3) is 22.4 Å². The Labute approximate surface area is 185 Å². The van der Waals surface area contributed by atoms with Crippen LogP contribution in [0.5, 0.6) is 5.75 Å². The second-order valence-corrected chi connectivity index (χ2v) is 7.66. The molecule has 2 aliphatic heterocycles. The average molecular weight is 438 g/mol. The molecule has 3 aromatic rings. The van der Waals surface area contributed by atoms with Gasteiger partial charge in [-0.2, -0.15) is 4.98 Å². The SMILES string of the molecule is COc1ccc(-c2nc(N3CCOCC3)c3cnc(N4CCOCC4)nc3n2)cc1CO. The molecule has 2 aromatic heterocycles. The molecule has 0 amide bonds. The molecule has 0 saturated carbocycles. The number of aromatic nitrogens is 4. The van der Waals surface area contributed by atoms with Gasteiger partial charge in [0.1, 0.15) is 11.6 Å². The van der Waals surface area contributed by atoms with Crippen LogP contribution >= 0.6 is 0 Å². The van der Waals surface area contributed by atoms with E-state index >= 15 is 0 Å². The molecule has 2 fully saturated rings. The van der Waals surface area contributed by atoms with E-state index in [9.17, 15) is 5.11 Å². The van der Waals surface area contributed by atoms with Gasteiger partial charge in [-0.25, -0.2) is 15.0 Å². The van der Waals surface area contributed by atoms with Gasteiger partial charge in [-0.05, 0) is 18.2 Å². The zero-order valence-corrected chi connectivity index (χ0v) is 18.0. The fourth-order valence-electron chi connectivity index (χ4n) is 3.99. The summed E-state index contributed by atoms with van der Waals surface area (Å²) in [7, 11) is 1.58. The fraction of sp³-hybridized carbons (Fsp3) is 0.455. The molecular formula is C22H26N6O4. The van der Waals surface area contributed by atoms with Crippen molar-refractivity contribution in [3.63, 3.8) is 0 Å². The highest BCUT2D eigenvalue weighted by atomic mass is 16.5. The lowest BCUT2D eigenvalue weighted by molar-refractivity contribution is 0.122. The highest BCUT2D eigenvalue weighted by Gasteiger charge is 2.21. The summed E-state index contributed by atoms with van der Waals surface area (Å²) >= 11 is 0. The number of anilines is 2. The van der Waals surface area contributed by atoms with E-state index in [0.717, 1.165) is 42.9 Å². The van der Waals surface area contributed by atoms with Gasteiger partial charge in [0.05, 0.1) is 45.5 Å². The first-order chi connectivity index (χ1) is 15.8. The Balaban J connectivity index is 1.63. The van der Waals surface area contributed by atoms with Crippen molar-refractivity contribution in [2.45, 2.75) is 6.61 Å². The number of ether oxygens (including phenoxy) is 3. The molecule has 2 saturated heterocycles. The van der Waals surface area contributed by atoms with Crippen molar-refractivity contribution < 1.29 is 19.3 Å². The second-order valence-electron chi connectivity index (χ2n) is 7.66. The summed E-state index contributed by atoms with van der Waals surface area (Å²) < 4.78 is 16.3. The molecule has 0 radical (unpaired) electrons. The molecule has 5 rings (SSSR count). The van der Waals surface area contributed by atoms with E-state index in [1.807, 2.05) is 24.4 Å². The Morgan fingerprint density at radius 3 is 2.38 bits per heavy atom. The van der Waals surface area contributed by atoms with E-state index in [0.29, 0.717) is 55.2 Å². The Kier molecular flexibility index (Phi) is 5.97. The molecule has 1 aromatic carbocycles. The van der Waals surface area contributed by atoms with Gasteiger partial charge in [0, 0.05) is 43.5 Å². The molecule has 32 heavy (non-hydrogen) atoms. The zero-order chi connectivity index (χ0) is 21.9. The number of aliphatic hydroxyl groups excluding tert-OH is 1. The molecule has 0 unspecified atom stereocenters. The third-order valence-corrected chi connectivity index (χ3v) is 5.73. The van der Waals surface area contributed by atoms with Crippen molar-refractivity contribution in [2.75, 3.05) is 69.5 Å². The van der Waals surface area contributed by atoms with Crippen molar-refractivity contribution in [1.29, 1.82) is 0 Å². The number of nitrogens with zero attached hydrogens (tertiary/aromatic N) is 6. The van der Waals surface area contributed by atoms with Gasteiger partial charge in [0.2, 0.25) is 5.95 Å². The first-order valence-electron chi connectivity index (χ1n) is 10.7. The average Bonchev–Trinajstić information content (AvgIpc) is 2.88. The maximum Gasteiger partial charge on any atom is 0.227 e. The van der Waals surface area contributed by atoms with Crippen LogP contribution in [0.1, 0.15) is 5.56 Å². The largest absolute Gasteiger partial charge is 0.496 e. The Hall–Kier alpha value is -3.08. The Morgan fingerprint density at radius 1 is 0.969 bits per heavy atom. The highest BCUT2D eigenvalue weighted by Crippen LogP contribution is 2.30. The van der Waals surface area contributed by atoms with E-state index < -0.39 is 0 Å². The lowest BCUT2D eigenvalue weighted by Gasteiger charge is -2.29. The molecule has 2 aliphatic rings. The zero-order valence-electron chi connectivity index (χ0n) is 18.0. The third kappa shape index (κ3) is 4.04. The normalized spacial score (nSPS) is 17.1. The molecule has 0 aliphatic carbocycles. The molecule has 0 spiro atoms. The van der Waals surface area contributed by atoms with Crippen LogP contribution in [-0.2, 0) is 16.1 Å². The Morgan fingerprint density at radius 2 is 1.69 bits per heavy atom. The summed E-state index contributed by atoms with van der Waals surface area (Å²) in [5.74, 6) is 2.61. The van der Waals surface area contributed by atoms with Crippen LogP contribution in [0.4, 0.5) is 11.8 Å². The summed E-state index contributed by atoms with van der Waals surface area (Å²) in [6, 6.07) is 5.57. The molecule has 10 heteroatoms. The first kappa shape index (κ1) is 20.8. The monoisotopic (exact) mass is 438 g/mol. The molecule has 0 atom stereocenters. The molecule has 168 valence electrons. The van der Waals surface area contributed by atoms with Gasteiger partial charge in [0.15, 0.2) is 11.5 Å². The van der Waals surface area contributed by atoms with Gasteiger partial charge < -0.3 is 29.1 Å². The van der Waals surface area contributed by atoms with Crippen LogP contribution in [0.3, 0.4) is 0 Å². The standard InChI is InChI=1S/C22H26N6O4/c1-30-18-3-2-15(12-16(18)14-29)19-24-20-17(21(25-19)27-4-8-31-9-5-27)13-23-22(26-20)28-6-10-32-11-7-28/h2-3,12-13,29H,4-11,14H2,1H3. The first-order valence-corrected chi connectivity index (χ1v) is 10.7. The van der Waals surface area contributed by atoms with E-state index in [1.165, 1.54) is 0 Å². The van der Waals surface area contributed by atoms with Gasteiger partial charge in [-0.1, -0.05) is 0 Å². The second kappa shape index (κ2) is 9.19. The minimum absolute atomic E-state index is 0.135. The predicted molar refractivity (Wildman–Crippen MR) is 119 cm³/mol. The summed E-state index contributed by atoms with van der Waals surface area (Å²) in [6.45, 7) is 5.44. The third-order valence-electron chi connectivity index (χ3n) is 5.73. The van der Waals surface area contributed by atoms with E-state index in [1.54, 1.807) is 7.11 Å². The van der Waals surface area contributed by atoms with Crippen LogP contribution < -0.4 is 14.5 Å². The number of hydrogen-bond acceptors (Lipinski definition) is 10.